The molecule has 0 radical (unpaired) electrons. The number of halogens is 1. The Hall–Kier alpha value is -3.84. The number of aliphatic hydroxyl groups is 1. The van der Waals surface area contributed by atoms with Crippen molar-refractivity contribution in [2.45, 2.75) is 12.6 Å². The van der Waals surface area contributed by atoms with Gasteiger partial charge in [0.15, 0.2) is 0 Å². The number of carbonyl (C=O) groups excluding carboxylic acids is 2. The molecule has 1 amide bonds. The summed E-state index contributed by atoms with van der Waals surface area (Å²) in [6.45, 7) is 0.0948. The first kappa shape index (κ1) is 22.4. The number of rotatable bonds is 6. The zero-order valence-electron chi connectivity index (χ0n) is 18.0. The summed E-state index contributed by atoms with van der Waals surface area (Å²) in [6, 6.07) is 14.5. The number of Topliss-reactive ketones (excluding diaryl/α,β-unsaturated/α-hetero) is 1. The number of hydrogen-bond acceptors (Lipinski definition) is 6. The highest BCUT2D eigenvalue weighted by atomic mass is 35.5. The van der Waals surface area contributed by atoms with Crippen LogP contribution in [0, 0.1) is 0 Å². The number of methoxy groups -OCH3 is 2. The summed E-state index contributed by atoms with van der Waals surface area (Å²) in [7, 11) is 2.98. The fraction of sp³-hybridized carbons (Fsp3) is 0.160. The molecule has 2 heterocycles. The fourth-order valence-corrected chi connectivity index (χ4v) is 4.13. The summed E-state index contributed by atoms with van der Waals surface area (Å²) in [5, 5.41) is 11.6. The highest BCUT2D eigenvalue weighted by Gasteiger charge is 2.46. The number of aliphatic hydroxyl groups excluding tert-OH is 1. The maximum atomic E-state index is 13.2. The Morgan fingerprint density at radius 1 is 1.06 bits per heavy atom. The van der Waals surface area contributed by atoms with Crippen molar-refractivity contribution in [3.63, 3.8) is 0 Å². The summed E-state index contributed by atoms with van der Waals surface area (Å²) in [4.78, 5) is 31.9. The maximum Gasteiger partial charge on any atom is 0.295 e. The quantitative estimate of drug-likeness (QED) is 0.331. The van der Waals surface area contributed by atoms with E-state index in [4.69, 9.17) is 21.1 Å². The smallest absolute Gasteiger partial charge is 0.295 e. The number of amides is 1. The van der Waals surface area contributed by atoms with Crippen molar-refractivity contribution in [1.82, 2.24) is 9.88 Å². The van der Waals surface area contributed by atoms with E-state index >= 15 is 0 Å². The van der Waals surface area contributed by atoms with Crippen LogP contribution in [0.5, 0.6) is 11.5 Å². The van der Waals surface area contributed by atoms with E-state index in [0.29, 0.717) is 22.1 Å². The molecule has 1 saturated heterocycles. The minimum Gasteiger partial charge on any atom is -0.507 e. The van der Waals surface area contributed by atoms with E-state index in [1.807, 2.05) is 18.2 Å². The van der Waals surface area contributed by atoms with Crippen molar-refractivity contribution in [3.05, 3.63) is 94.3 Å². The number of hydrogen-bond donors (Lipinski definition) is 1. The highest BCUT2D eigenvalue weighted by molar-refractivity contribution is 6.46. The van der Waals surface area contributed by atoms with E-state index < -0.39 is 17.7 Å². The molecule has 1 aliphatic heterocycles. The number of nitrogens with zero attached hydrogens (tertiary/aromatic N) is 2. The highest BCUT2D eigenvalue weighted by Crippen LogP contribution is 2.42. The number of benzene rings is 2. The first-order chi connectivity index (χ1) is 16.0. The molecule has 168 valence electrons. The molecule has 0 saturated carbocycles. The molecule has 0 bridgehead atoms. The number of aromatic nitrogens is 1. The largest absolute Gasteiger partial charge is 0.507 e. The first-order valence-corrected chi connectivity index (χ1v) is 10.5. The number of ether oxygens (including phenoxy) is 2. The van der Waals surface area contributed by atoms with Crippen LogP contribution in [-0.4, -0.2) is 40.9 Å². The monoisotopic (exact) mass is 464 g/mol. The van der Waals surface area contributed by atoms with Crippen molar-refractivity contribution in [2.75, 3.05) is 14.2 Å². The predicted octanol–water partition coefficient (Wildman–Crippen LogP) is 4.37. The third kappa shape index (κ3) is 4.15. The Morgan fingerprint density at radius 2 is 1.82 bits per heavy atom. The standard InChI is InChI=1S/C25H21ClN2O5/c1-32-19-8-4-3-6-16(19)14-28-22(15-7-5-11-27-13-15)21(24(30)25(28)31)23(29)18-12-17(26)9-10-20(18)33-2/h3-13,22,29H,14H2,1-2H3/b23-21+. The van der Waals surface area contributed by atoms with Crippen molar-refractivity contribution in [2.24, 2.45) is 0 Å². The van der Waals surface area contributed by atoms with Crippen LogP contribution >= 0.6 is 11.6 Å². The van der Waals surface area contributed by atoms with Crippen LogP contribution in [-0.2, 0) is 16.1 Å². The average molecular weight is 465 g/mol. The molecule has 0 aliphatic carbocycles. The van der Waals surface area contributed by atoms with Gasteiger partial charge in [0.1, 0.15) is 17.3 Å². The van der Waals surface area contributed by atoms with Crippen LogP contribution in [0.2, 0.25) is 5.02 Å². The molecule has 2 aromatic carbocycles. The maximum absolute atomic E-state index is 13.2. The number of para-hydroxylation sites is 1. The molecule has 1 N–H and O–H groups in total. The fourth-order valence-electron chi connectivity index (χ4n) is 3.95. The zero-order valence-corrected chi connectivity index (χ0v) is 18.7. The van der Waals surface area contributed by atoms with Gasteiger partial charge in [-0.15, -0.1) is 0 Å². The molecule has 33 heavy (non-hydrogen) atoms. The van der Waals surface area contributed by atoms with Gasteiger partial charge in [-0.1, -0.05) is 35.9 Å². The molecule has 7 nitrogen and oxygen atoms in total. The van der Waals surface area contributed by atoms with Gasteiger partial charge in [-0.25, -0.2) is 0 Å². The second-order valence-corrected chi connectivity index (χ2v) is 7.81. The van der Waals surface area contributed by atoms with Crippen LogP contribution in [0.4, 0.5) is 0 Å². The molecule has 1 unspecified atom stereocenters. The van der Waals surface area contributed by atoms with Crippen molar-refractivity contribution < 1.29 is 24.2 Å². The normalized spacial score (nSPS) is 17.3. The van der Waals surface area contributed by atoms with Gasteiger partial charge in [-0.2, -0.15) is 0 Å². The summed E-state index contributed by atoms with van der Waals surface area (Å²) >= 11 is 6.14. The van der Waals surface area contributed by atoms with E-state index in [0.717, 1.165) is 5.56 Å². The Bertz CT molecular complexity index is 1240. The Balaban J connectivity index is 1.90. The lowest BCUT2D eigenvalue weighted by atomic mass is 9.96. The van der Waals surface area contributed by atoms with E-state index in [2.05, 4.69) is 4.98 Å². The summed E-state index contributed by atoms with van der Waals surface area (Å²) < 4.78 is 10.8. The summed E-state index contributed by atoms with van der Waals surface area (Å²) in [5.41, 5.74) is 1.45. The van der Waals surface area contributed by atoms with Gasteiger partial charge >= 0.3 is 0 Å². The second-order valence-electron chi connectivity index (χ2n) is 7.37. The van der Waals surface area contributed by atoms with Crippen molar-refractivity contribution in [3.8, 4) is 11.5 Å². The molecular formula is C25H21ClN2O5. The van der Waals surface area contributed by atoms with Crippen LogP contribution in [0.1, 0.15) is 22.7 Å². The van der Waals surface area contributed by atoms with Gasteiger partial charge in [0, 0.05) is 23.0 Å². The second kappa shape index (κ2) is 9.34. The van der Waals surface area contributed by atoms with Gasteiger partial charge in [-0.3, -0.25) is 14.6 Å². The lowest BCUT2D eigenvalue weighted by Gasteiger charge is -2.26. The van der Waals surface area contributed by atoms with Gasteiger partial charge in [0.25, 0.3) is 11.7 Å². The Labute approximate surface area is 195 Å². The third-order valence-corrected chi connectivity index (χ3v) is 5.73. The Morgan fingerprint density at radius 3 is 2.52 bits per heavy atom. The molecule has 1 aromatic heterocycles. The number of likely N-dealkylation sites (tertiary alicyclic amines) is 1. The predicted molar refractivity (Wildman–Crippen MR) is 123 cm³/mol. The molecule has 3 aromatic rings. The molecule has 4 rings (SSSR count). The van der Waals surface area contributed by atoms with Gasteiger partial charge < -0.3 is 19.5 Å². The lowest BCUT2D eigenvalue weighted by Crippen LogP contribution is -2.29. The lowest BCUT2D eigenvalue weighted by molar-refractivity contribution is -0.140. The Kier molecular flexibility index (Phi) is 6.33. The van der Waals surface area contributed by atoms with Gasteiger partial charge in [-0.05, 0) is 35.9 Å². The van der Waals surface area contributed by atoms with Crippen molar-refractivity contribution in [1.29, 1.82) is 0 Å². The molecule has 1 fully saturated rings. The summed E-state index contributed by atoms with van der Waals surface area (Å²) in [5.74, 6) is -1.02. The SMILES string of the molecule is COc1ccccc1CN1C(=O)C(=O)/C(=C(/O)c2cc(Cl)ccc2OC)C1c1cccnc1. The minimum atomic E-state index is -0.868. The molecule has 8 heteroatoms. The third-order valence-electron chi connectivity index (χ3n) is 5.49. The van der Waals surface area contributed by atoms with E-state index in [1.54, 1.807) is 42.7 Å². The summed E-state index contributed by atoms with van der Waals surface area (Å²) in [6.07, 6.45) is 3.16. The topological polar surface area (TPSA) is 89.0 Å². The first-order valence-electron chi connectivity index (χ1n) is 10.1. The van der Waals surface area contributed by atoms with E-state index in [9.17, 15) is 14.7 Å². The molecule has 1 aliphatic rings. The van der Waals surface area contributed by atoms with Crippen LogP contribution in [0.15, 0.2) is 72.6 Å². The van der Waals surface area contributed by atoms with Crippen molar-refractivity contribution >= 4 is 29.1 Å². The van der Waals surface area contributed by atoms with Gasteiger partial charge in [0.05, 0.1) is 37.9 Å². The molecular weight excluding hydrogens is 444 g/mol. The number of ketones is 1. The molecule has 1 atom stereocenters. The van der Waals surface area contributed by atoms with E-state index in [1.165, 1.54) is 25.2 Å². The van der Waals surface area contributed by atoms with Crippen LogP contribution in [0.25, 0.3) is 5.76 Å². The number of carbonyl (C=O) groups is 2. The van der Waals surface area contributed by atoms with Gasteiger partial charge in [0.2, 0.25) is 0 Å². The zero-order chi connectivity index (χ0) is 23.5. The number of pyridine rings is 1. The van der Waals surface area contributed by atoms with E-state index in [-0.39, 0.29) is 23.4 Å². The van der Waals surface area contributed by atoms with Crippen LogP contribution in [0.3, 0.4) is 0 Å². The minimum absolute atomic E-state index is 0.0662. The van der Waals surface area contributed by atoms with Crippen LogP contribution < -0.4 is 9.47 Å². The molecule has 0 spiro atoms. The average Bonchev–Trinajstić information content (AvgIpc) is 3.09.